The van der Waals surface area contributed by atoms with E-state index in [1.54, 1.807) is 11.8 Å². The summed E-state index contributed by atoms with van der Waals surface area (Å²) in [7, 11) is 0. The lowest BCUT2D eigenvalue weighted by Gasteiger charge is -2.40. The first-order valence-electron chi connectivity index (χ1n) is 10.8. The predicted octanol–water partition coefficient (Wildman–Crippen LogP) is 4.93. The van der Waals surface area contributed by atoms with Crippen molar-refractivity contribution in [1.82, 2.24) is 4.90 Å². The van der Waals surface area contributed by atoms with E-state index >= 15 is 0 Å². The number of anilines is 1. The van der Waals surface area contributed by atoms with Gasteiger partial charge in [0.25, 0.3) is 5.91 Å². The maximum absolute atomic E-state index is 12.8. The standard InChI is InChI=1S/C25H27N3O3S/c1-4-31-24(30)21-17(3)26-25-28(14-5-15-32-25)22(21)18-10-12-20(13-11-18)27-23(29)19-8-6-16(2)7-9-19/h6-13,22H,4-5,14-15H2,1-3H3,(H,27,29). The van der Waals surface area contributed by atoms with Crippen LogP contribution in [0.3, 0.4) is 0 Å². The van der Waals surface area contributed by atoms with Crippen molar-refractivity contribution in [2.24, 2.45) is 4.99 Å². The number of benzene rings is 2. The quantitative estimate of drug-likeness (QED) is 0.655. The number of fused-ring (bicyclic) bond motifs is 1. The molecule has 1 unspecified atom stereocenters. The van der Waals surface area contributed by atoms with Gasteiger partial charge < -0.3 is 15.0 Å². The van der Waals surface area contributed by atoms with Crippen LogP contribution in [0.1, 0.15) is 47.8 Å². The van der Waals surface area contributed by atoms with E-state index in [9.17, 15) is 9.59 Å². The minimum Gasteiger partial charge on any atom is -0.463 e. The summed E-state index contributed by atoms with van der Waals surface area (Å²) >= 11 is 1.72. The summed E-state index contributed by atoms with van der Waals surface area (Å²) in [5.41, 5.74) is 4.67. The number of hydrogen-bond donors (Lipinski definition) is 1. The fourth-order valence-electron chi connectivity index (χ4n) is 3.94. The summed E-state index contributed by atoms with van der Waals surface area (Å²) in [6.07, 6.45) is 1.03. The Bertz CT molecular complexity index is 1070. The molecular formula is C25H27N3O3S. The zero-order chi connectivity index (χ0) is 22.7. The van der Waals surface area contributed by atoms with E-state index in [1.165, 1.54) is 0 Å². The zero-order valence-corrected chi connectivity index (χ0v) is 19.4. The molecule has 2 aliphatic heterocycles. The molecule has 0 spiro atoms. The third kappa shape index (κ3) is 4.58. The summed E-state index contributed by atoms with van der Waals surface area (Å²) in [4.78, 5) is 32.2. The van der Waals surface area contributed by atoms with E-state index in [4.69, 9.17) is 4.74 Å². The average Bonchev–Trinajstić information content (AvgIpc) is 2.79. The Kier molecular flexibility index (Phi) is 6.65. The van der Waals surface area contributed by atoms with Gasteiger partial charge in [0.15, 0.2) is 5.17 Å². The Labute approximate surface area is 192 Å². The highest BCUT2D eigenvalue weighted by molar-refractivity contribution is 8.13. The van der Waals surface area contributed by atoms with Crippen molar-refractivity contribution in [3.8, 4) is 0 Å². The van der Waals surface area contributed by atoms with Crippen LogP contribution < -0.4 is 5.32 Å². The molecule has 0 aromatic heterocycles. The monoisotopic (exact) mass is 449 g/mol. The first-order valence-corrected chi connectivity index (χ1v) is 11.8. The number of nitrogens with zero attached hydrogens (tertiary/aromatic N) is 2. The van der Waals surface area contributed by atoms with Gasteiger partial charge in [0, 0.05) is 23.5 Å². The number of esters is 1. The average molecular weight is 450 g/mol. The lowest BCUT2D eigenvalue weighted by molar-refractivity contribution is -0.139. The van der Waals surface area contributed by atoms with Gasteiger partial charge in [-0.25, -0.2) is 9.79 Å². The second kappa shape index (κ2) is 9.61. The van der Waals surface area contributed by atoms with E-state index in [0.29, 0.717) is 29.1 Å². The second-order valence-electron chi connectivity index (χ2n) is 7.85. The van der Waals surface area contributed by atoms with Crippen molar-refractivity contribution in [3.05, 3.63) is 76.5 Å². The number of carbonyl (C=O) groups is 2. The van der Waals surface area contributed by atoms with Crippen LogP contribution in [0.2, 0.25) is 0 Å². The predicted molar refractivity (Wildman–Crippen MR) is 129 cm³/mol. The summed E-state index contributed by atoms with van der Waals surface area (Å²) in [5.74, 6) is 0.541. The molecule has 4 rings (SSSR count). The van der Waals surface area contributed by atoms with Crippen molar-refractivity contribution in [2.45, 2.75) is 33.2 Å². The fraction of sp³-hybridized carbons (Fsp3) is 0.320. The normalized spacial score (nSPS) is 18.0. The van der Waals surface area contributed by atoms with Gasteiger partial charge in [0.05, 0.1) is 23.9 Å². The Morgan fingerprint density at radius 2 is 1.84 bits per heavy atom. The number of hydrogen-bond acceptors (Lipinski definition) is 6. The van der Waals surface area contributed by atoms with Crippen molar-refractivity contribution in [1.29, 1.82) is 0 Å². The molecule has 32 heavy (non-hydrogen) atoms. The first kappa shape index (κ1) is 22.1. The maximum Gasteiger partial charge on any atom is 0.338 e. The number of aliphatic imine (C=N–C) groups is 1. The molecule has 2 aromatic rings. The Balaban J connectivity index is 1.60. The van der Waals surface area contributed by atoms with Crippen LogP contribution >= 0.6 is 11.8 Å². The fourth-order valence-corrected chi connectivity index (χ4v) is 4.96. The lowest BCUT2D eigenvalue weighted by Crippen LogP contribution is -2.42. The molecular weight excluding hydrogens is 422 g/mol. The van der Waals surface area contributed by atoms with Gasteiger partial charge in [0.1, 0.15) is 0 Å². The van der Waals surface area contributed by atoms with Gasteiger partial charge in [-0.05, 0) is 57.0 Å². The smallest absolute Gasteiger partial charge is 0.338 e. The third-order valence-corrected chi connectivity index (χ3v) is 6.63. The number of rotatable bonds is 5. The van der Waals surface area contributed by atoms with E-state index < -0.39 is 0 Å². The molecule has 166 valence electrons. The largest absolute Gasteiger partial charge is 0.463 e. The Hall–Kier alpha value is -3.06. The number of ether oxygens (including phenoxy) is 1. The summed E-state index contributed by atoms with van der Waals surface area (Å²) in [6.45, 7) is 6.82. The molecule has 2 aliphatic rings. The molecule has 1 atom stereocenters. The maximum atomic E-state index is 12.8. The molecule has 2 aromatic carbocycles. The van der Waals surface area contributed by atoms with Crippen molar-refractivity contribution >= 4 is 34.5 Å². The summed E-state index contributed by atoms with van der Waals surface area (Å²) in [6, 6.07) is 14.9. The number of amides is 1. The van der Waals surface area contributed by atoms with Crippen LogP contribution in [0, 0.1) is 6.92 Å². The zero-order valence-electron chi connectivity index (χ0n) is 18.6. The minimum absolute atomic E-state index is 0.153. The number of amidine groups is 1. The molecule has 0 radical (unpaired) electrons. The number of nitrogens with one attached hydrogen (secondary N) is 1. The molecule has 6 nitrogen and oxygen atoms in total. The van der Waals surface area contributed by atoms with Crippen molar-refractivity contribution in [3.63, 3.8) is 0 Å². The van der Waals surface area contributed by atoms with Crippen molar-refractivity contribution < 1.29 is 14.3 Å². The Morgan fingerprint density at radius 3 is 2.53 bits per heavy atom. The van der Waals surface area contributed by atoms with Crippen LogP contribution in [-0.4, -0.2) is 40.8 Å². The van der Waals surface area contributed by atoms with Gasteiger partial charge in [-0.15, -0.1) is 0 Å². The Morgan fingerprint density at radius 1 is 1.12 bits per heavy atom. The van der Waals surface area contributed by atoms with Gasteiger partial charge in [-0.3, -0.25) is 4.79 Å². The van der Waals surface area contributed by atoms with Crippen LogP contribution in [0.25, 0.3) is 0 Å². The number of aryl methyl sites for hydroxylation is 1. The molecule has 0 aliphatic carbocycles. The van der Waals surface area contributed by atoms with Crippen LogP contribution in [0.4, 0.5) is 5.69 Å². The van der Waals surface area contributed by atoms with Crippen LogP contribution in [0.15, 0.2) is 64.8 Å². The molecule has 0 bridgehead atoms. The van der Waals surface area contributed by atoms with Gasteiger partial charge in [-0.1, -0.05) is 41.6 Å². The van der Waals surface area contributed by atoms with Gasteiger partial charge in [-0.2, -0.15) is 0 Å². The van der Waals surface area contributed by atoms with E-state index in [2.05, 4.69) is 15.2 Å². The van der Waals surface area contributed by atoms with Crippen LogP contribution in [0.5, 0.6) is 0 Å². The minimum atomic E-state index is -0.329. The highest BCUT2D eigenvalue weighted by Crippen LogP contribution is 2.40. The van der Waals surface area contributed by atoms with Crippen molar-refractivity contribution in [2.75, 3.05) is 24.2 Å². The van der Waals surface area contributed by atoms with E-state index in [0.717, 1.165) is 35.0 Å². The van der Waals surface area contributed by atoms with E-state index in [1.807, 2.05) is 69.3 Å². The molecule has 1 fully saturated rings. The molecule has 7 heteroatoms. The number of thioether (sulfide) groups is 1. The number of allylic oxidation sites excluding steroid dienone is 1. The van der Waals surface area contributed by atoms with E-state index in [-0.39, 0.29) is 17.9 Å². The molecule has 1 N–H and O–H groups in total. The molecule has 0 saturated carbocycles. The topological polar surface area (TPSA) is 71.0 Å². The van der Waals surface area contributed by atoms with Gasteiger partial charge >= 0.3 is 5.97 Å². The molecule has 1 saturated heterocycles. The highest BCUT2D eigenvalue weighted by Gasteiger charge is 2.37. The highest BCUT2D eigenvalue weighted by atomic mass is 32.2. The van der Waals surface area contributed by atoms with Gasteiger partial charge in [0.2, 0.25) is 0 Å². The SMILES string of the molecule is CCOC(=O)C1=C(C)N=C2SCCCN2C1c1ccc(NC(=O)c2ccc(C)cc2)cc1. The summed E-state index contributed by atoms with van der Waals surface area (Å²) < 4.78 is 5.36. The van der Waals surface area contributed by atoms with Crippen LogP contribution in [-0.2, 0) is 9.53 Å². The number of carbonyl (C=O) groups excluding carboxylic acids is 2. The molecule has 2 heterocycles. The summed E-state index contributed by atoms with van der Waals surface area (Å²) in [5, 5.41) is 3.89. The third-order valence-electron chi connectivity index (χ3n) is 5.55. The first-order chi connectivity index (χ1) is 15.5. The lowest BCUT2D eigenvalue weighted by atomic mass is 9.94. The second-order valence-corrected chi connectivity index (χ2v) is 8.92. The molecule has 1 amide bonds.